The van der Waals surface area contributed by atoms with Gasteiger partial charge in [-0.05, 0) is 24.3 Å². The lowest BCUT2D eigenvalue weighted by Gasteiger charge is -2.20. The van der Waals surface area contributed by atoms with Crippen molar-refractivity contribution in [2.45, 2.75) is 38.2 Å². The Bertz CT molecular complexity index is 433. The zero-order valence-corrected chi connectivity index (χ0v) is 11.9. The van der Waals surface area contributed by atoms with Crippen LogP contribution in [0.3, 0.4) is 0 Å². The Morgan fingerprint density at radius 2 is 1.88 bits per heavy atom. The molecule has 0 aliphatic rings. The zero-order valence-electron chi connectivity index (χ0n) is 10.2. The minimum absolute atomic E-state index is 0.224. The van der Waals surface area contributed by atoms with Gasteiger partial charge in [0, 0.05) is 18.0 Å². The van der Waals surface area contributed by atoms with Gasteiger partial charge in [0.2, 0.25) is 10.0 Å². The standard InChI is InChI=1S/C11H19NO3S2/c1-3-6-12(7-4-2)17(14,15)11-5-8-16-10(11)9-13/h5,8,13H,3-4,6-7,9H2,1-2H3. The van der Waals surface area contributed by atoms with E-state index < -0.39 is 10.0 Å². The second-order valence-electron chi connectivity index (χ2n) is 3.77. The molecule has 0 aromatic carbocycles. The monoisotopic (exact) mass is 277 g/mol. The van der Waals surface area contributed by atoms with Crippen molar-refractivity contribution in [2.75, 3.05) is 13.1 Å². The van der Waals surface area contributed by atoms with Crippen LogP contribution in [0.25, 0.3) is 0 Å². The third-order valence-electron chi connectivity index (χ3n) is 2.41. The van der Waals surface area contributed by atoms with Crippen LogP contribution in [0.2, 0.25) is 0 Å². The van der Waals surface area contributed by atoms with Crippen molar-refractivity contribution in [1.82, 2.24) is 4.31 Å². The predicted molar refractivity (Wildman–Crippen MR) is 69.6 cm³/mol. The number of nitrogens with zero attached hydrogens (tertiary/aromatic N) is 1. The van der Waals surface area contributed by atoms with Gasteiger partial charge in [-0.1, -0.05) is 13.8 Å². The van der Waals surface area contributed by atoms with Crippen LogP contribution >= 0.6 is 11.3 Å². The van der Waals surface area contributed by atoms with E-state index in [0.717, 1.165) is 12.8 Å². The van der Waals surface area contributed by atoms with E-state index in [-0.39, 0.29) is 11.5 Å². The maximum atomic E-state index is 12.4. The summed E-state index contributed by atoms with van der Waals surface area (Å²) >= 11 is 1.27. The molecule has 1 rings (SSSR count). The first-order chi connectivity index (χ1) is 8.07. The zero-order chi connectivity index (χ0) is 12.9. The van der Waals surface area contributed by atoms with Gasteiger partial charge in [-0.15, -0.1) is 11.3 Å². The highest BCUT2D eigenvalue weighted by Crippen LogP contribution is 2.25. The Hall–Kier alpha value is -0.430. The summed E-state index contributed by atoms with van der Waals surface area (Å²) in [5, 5.41) is 10.8. The topological polar surface area (TPSA) is 57.6 Å². The van der Waals surface area contributed by atoms with E-state index in [2.05, 4.69) is 0 Å². The van der Waals surface area contributed by atoms with E-state index >= 15 is 0 Å². The number of sulfonamides is 1. The van der Waals surface area contributed by atoms with E-state index in [4.69, 9.17) is 5.11 Å². The molecule has 0 saturated heterocycles. The molecule has 1 aromatic rings. The molecule has 98 valence electrons. The molecule has 0 fully saturated rings. The number of hydrogen-bond acceptors (Lipinski definition) is 4. The summed E-state index contributed by atoms with van der Waals surface area (Å²) in [4.78, 5) is 0.772. The molecule has 1 N–H and O–H groups in total. The summed E-state index contributed by atoms with van der Waals surface area (Å²) < 4.78 is 26.2. The molecule has 0 amide bonds. The Labute approximate surface area is 107 Å². The van der Waals surface area contributed by atoms with Gasteiger partial charge in [-0.3, -0.25) is 0 Å². The largest absolute Gasteiger partial charge is 0.391 e. The molecule has 4 nitrogen and oxygen atoms in total. The molecule has 0 unspecified atom stereocenters. The van der Waals surface area contributed by atoms with Gasteiger partial charge < -0.3 is 5.11 Å². The van der Waals surface area contributed by atoms with Crippen LogP contribution in [-0.2, 0) is 16.6 Å². The Morgan fingerprint density at radius 1 is 1.29 bits per heavy atom. The molecule has 17 heavy (non-hydrogen) atoms. The van der Waals surface area contributed by atoms with Crippen molar-refractivity contribution in [3.05, 3.63) is 16.3 Å². The summed E-state index contributed by atoms with van der Waals surface area (Å²) in [6.45, 7) is 4.74. The van der Waals surface area contributed by atoms with Gasteiger partial charge in [-0.2, -0.15) is 4.31 Å². The third-order valence-corrected chi connectivity index (χ3v) is 5.43. The van der Waals surface area contributed by atoms with Crippen LogP contribution < -0.4 is 0 Å². The molecule has 0 aliphatic carbocycles. The van der Waals surface area contributed by atoms with E-state index in [9.17, 15) is 8.42 Å². The fourth-order valence-corrected chi connectivity index (χ4v) is 4.55. The summed E-state index contributed by atoms with van der Waals surface area (Å²) in [5.41, 5.74) is 0. The molecule has 1 aromatic heterocycles. The summed E-state index contributed by atoms with van der Waals surface area (Å²) in [6, 6.07) is 1.57. The number of thiophene rings is 1. The Balaban J connectivity index is 3.07. The number of hydrogen-bond donors (Lipinski definition) is 1. The molecule has 0 spiro atoms. The number of rotatable bonds is 7. The van der Waals surface area contributed by atoms with E-state index in [1.54, 1.807) is 11.4 Å². The van der Waals surface area contributed by atoms with Gasteiger partial charge in [-0.25, -0.2) is 8.42 Å². The summed E-state index contributed by atoms with van der Waals surface area (Å²) in [7, 11) is -3.44. The van der Waals surface area contributed by atoms with Gasteiger partial charge in [0.25, 0.3) is 0 Å². The molecule has 0 aliphatic heterocycles. The Morgan fingerprint density at radius 3 is 2.35 bits per heavy atom. The lowest BCUT2D eigenvalue weighted by molar-refractivity contribution is 0.282. The summed E-state index contributed by atoms with van der Waals surface area (Å²) in [6.07, 6.45) is 1.58. The van der Waals surface area contributed by atoms with Crippen molar-refractivity contribution >= 4 is 21.4 Å². The fourth-order valence-electron chi connectivity index (χ4n) is 1.66. The highest BCUT2D eigenvalue weighted by Gasteiger charge is 2.26. The number of aliphatic hydroxyl groups is 1. The highest BCUT2D eigenvalue weighted by atomic mass is 32.2. The van der Waals surface area contributed by atoms with Crippen LogP contribution in [0.4, 0.5) is 0 Å². The second kappa shape index (κ2) is 6.49. The third kappa shape index (κ3) is 3.28. The average molecular weight is 277 g/mol. The van der Waals surface area contributed by atoms with Crippen LogP contribution in [0.15, 0.2) is 16.3 Å². The lowest BCUT2D eigenvalue weighted by atomic mass is 10.4. The minimum Gasteiger partial charge on any atom is -0.391 e. The minimum atomic E-state index is -3.44. The average Bonchev–Trinajstić information content (AvgIpc) is 2.77. The second-order valence-corrected chi connectivity index (χ2v) is 6.68. The van der Waals surface area contributed by atoms with E-state index in [1.807, 2.05) is 13.8 Å². The number of aliphatic hydroxyl groups excluding tert-OH is 1. The molecule has 6 heteroatoms. The molecule has 0 bridgehead atoms. The first-order valence-corrected chi connectivity index (χ1v) is 8.07. The predicted octanol–water partition coefficient (Wildman–Crippen LogP) is 2.05. The van der Waals surface area contributed by atoms with Crippen molar-refractivity contribution in [2.24, 2.45) is 0 Å². The van der Waals surface area contributed by atoms with Crippen molar-refractivity contribution in [3.8, 4) is 0 Å². The normalized spacial score (nSPS) is 12.2. The maximum absolute atomic E-state index is 12.4. The molecular weight excluding hydrogens is 258 g/mol. The Kier molecular flexibility index (Phi) is 5.58. The quantitative estimate of drug-likeness (QED) is 0.830. The van der Waals surface area contributed by atoms with Crippen molar-refractivity contribution in [1.29, 1.82) is 0 Å². The van der Waals surface area contributed by atoms with Gasteiger partial charge >= 0.3 is 0 Å². The maximum Gasteiger partial charge on any atom is 0.244 e. The van der Waals surface area contributed by atoms with Gasteiger partial charge in [0.1, 0.15) is 0 Å². The SMILES string of the molecule is CCCN(CCC)S(=O)(=O)c1ccsc1CO. The van der Waals surface area contributed by atoms with Crippen molar-refractivity contribution in [3.63, 3.8) is 0 Å². The molecule has 1 heterocycles. The van der Waals surface area contributed by atoms with Crippen molar-refractivity contribution < 1.29 is 13.5 Å². The smallest absolute Gasteiger partial charge is 0.244 e. The van der Waals surface area contributed by atoms with Crippen LogP contribution in [0, 0.1) is 0 Å². The summed E-state index contributed by atoms with van der Waals surface area (Å²) in [5.74, 6) is 0. The molecule has 0 radical (unpaired) electrons. The van der Waals surface area contributed by atoms with Crippen LogP contribution in [0.1, 0.15) is 31.6 Å². The first kappa shape index (κ1) is 14.6. The van der Waals surface area contributed by atoms with Gasteiger partial charge in [0.05, 0.1) is 11.5 Å². The molecule has 0 saturated carbocycles. The van der Waals surface area contributed by atoms with E-state index in [1.165, 1.54) is 15.6 Å². The van der Waals surface area contributed by atoms with E-state index in [0.29, 0.717) is 18.0 Å². The molecule has 0 atom stereocenters. The fraction of sp³-hybridized carbons (Fsp3) is 0.636. The van der Waals surface area contributed by atoms with Crippen LogP contribution in [-0.4, -0.2) is 30.9 Å². The lowest BCUT2D eigenvalue weighted by Crippen LogP contribution is -2.32. The highest BCUT2D eigenvalue weighted by molar-refractivity contribution is 7.89. The van der Waals surface area contributed by atoms with Crippen LogP contribution in [0.5, 0.6) is 0 Å². The first-order valence-electron chi connectivity index (χ1n) is 5.75. The molecular formula is C11H19NO3S2. The van der Waals surface area contributed by atoms with Gasteiger partial charge in [0.15, 0.2) is 0 Å².